The topological polar surface area (TPSA) is 53.1 Å². The van der Waals surface area contributed by atoms with Gasteiger partial charge in [0.2, 0.25) is 0 Å². The molecule has 1 heterocycles. The fraction of sp³-hybridized carbons (Fsp3) is 0.118. The molecule has 4 heteroatoms. The van der Waals surface area contributed by atoms with Gasteiger partial charge in [0, 0.05) is 10.4 Å². The van der Waals surface area contributed by atoms with Gasteiger partial charge in [-0.3, -0.25) is 4.79 Å². The van der Waals surface area contributed by atoms with Gasteiger partial charge in [0.15, 0.2) is 0 Å². The van der Waals surface area contributed by atoms with E-state index in [4.69, 9.17) is 11.6 Å². The Hall–Kier alpha value is -2.26. The molecule has 0 saturated carbocycles. The Labute approximate surface area is 126 Å². The molecule has 0 saturated heterocycles. The van der Waals surface area contributed by atoms with E-state index in [-0.39, 0.29) is 16.9 Å². The Bertz CT molecular complexity index is 895. The number of aromatic nitrogens is 1. The molecule has 21 heavy (non-hydrogen) atoms. The molecule has 0 spiro atoms. The molecule has 106 valence electrons. The lowest BCUT2D eigenvalue weighted by molar-refractivity contribution is 0.482. The van der Waals surface area contributed by atoms with E-state index in [0.717, 1.165) is 11.1 Å². The highest BCUT2D eigenvalue weighted by atomic mass is 35.5. The lowest BCUT2D eigenvalue weighted by Crippen LogP contribution is -2.09. The molecule has 0 aliphatic carbocycles. The molecule has 0 bridgehead atoms. The maximum atomic E-state index is 12.3. The van der Waals surface area contributed by atoms with Crippen LogP contribution in [0.5, 0.6) is 5.75 Å². The molecule has 0 atom stereocenters. The molecule has 0 amide bonds. The monoisotopic (exact) mass is 299 g/mol. The predicted molar refractivity (Wildman–Crippen MR) is 86.2 cm³/mol. The van der Waals surface area contributed by atoms with Crippen LogP contribution in [-0.2, 0) is 0 Å². The molecular formula is C17H14ClNO2. The SMILES string of the molecule is Cc1ccc(-c2c(O)c3cc(C)c(Cl)cc3[nH]c2=O)cc1. The van der Waals surface area contributed by atoms with Gasteiger partial charge in [-0.1, -0.05) is 41.4 Å². The van der Waals surface area contributed by atoms with E-state index < -0.39 is 0 Å². The fourth-order valence-electron chi connectivity index (χ4n) is 2.40. The van der Waals surface area contributed by atoms with E-state index in [2.05, 4.69) is 4.98 Å². The van der Waals surface area contributed by atoms with Gasteiger partial charge >= 0.3 is 0 Å². The van der Waals surface area contributed by atoms with Gasteiger partial charge in [0.25, 0.3) is 5.56 Å². The normalized spacial score (nSPS) is 11.0. The van der Waals surface area contributed by atoms with Crippen LogP contribution in [0.25, 0.3) is 22.0 Å². The number of aromatic hydroxyl groups is 1. The summed E-state index contributed by atoms with van der Waals surface area (Å²) in [5.41, 5.74) is 3.12. The highest BCUT2D eigenvalue weighted by molar-refractivity contribution is 6.32. The predicted octanol–water partition coefficient (Wildman–Crippen LogP) is 4.17. The molecule has 1 aromatic heterocycles. The maximum Gasteiger partial charge on any atom is 0.260 e. The molecule has 0 radical (unpaired) electrons. The third-order valence-electron chi connectivity index (χ3n) is 3.61. The number of pyridine rings is 1. The first kappa shape index (κ1) is 13.7. The van der Waals surface area contributed by atoms with Gasteiger partial charge in [-0.25, -0.2) is 0 Å². The van der Waals surface area contributed by atoms with Crippen LogP contribution >= 0.6 is 11.6 Å². The van der Waals surface area contributed by atoms with Crippen LogP contribution in [0.2, 0.25) is 5.02 Å². The second kappa shape index (κ2) is 4.93. The summed E-state index contributed by atoms with van der Waals surface area (Å²) < 4.78 is 0. The van der Waals surface area contributed by atoms with Crippen molar-refractivity contribution in [3.63, 3.8) is 0 Å². The van der Waals surface area contributed by atoms with Crippen LogP contribution in [-0.4, -0.2) is 10.1 Å². The number of fused-ring (bicyclic) bond motifs is 1. The summed E-state index contributed by atoms with van der Waals surface area (Å²) in [6.07, 6.45) is 0. The average Bonchev–Trinajstić information content (AvgIpc) is 2.43. The van der Waals surface area contributed by atoms with Crippen molar-refractivity contribution in [1.82, 2.24) is 4.98 Å². The van der Waals surface area contributed by atoms with E-state index in [1.165, 1.54) is 0 Å². The second-order valence-electron chi connectivity index (χ2n) is 5.19. The van der Waals surface area contributed by atoms with Gasteiger partial charge in [-0.2, -0.15) is 0 Å². The van der Waals surface area contributed by atoms with E-state index in [0.29, 0.717) is 21.5 Å². The summed E-state index contributed by atoms with van der Waals surface area (Å²) in [4.78, 5) is 15.1. The number of benzene rings is 2. The van der Waals surface area contributed by atoms with Crippen molar-refractivity contribution in [2.45, 2.75) is 13.8 Å². The van der Waals surface area contributed by atoms with Crippen LogP contribution in [0.1, 0.15) is 11.1 Å². The van der Waals surface area contributed by atoms with Crippen LogP contribution in [0.4, 0.5) is 0 Å². The molecule has 0 aliphatic rings. The minimum absolute atomic E-state index is 0.0163. The summed E-state index contributed by atoms with van der Waals surface area (Å²) in [5.74, 6) is -0.0163. The lowest BCUT2D eigenvalue weighted by atomic mass is 10.0. The number of halogens is 1. The van der Waals surface area contributed by atoms with E-state index >= 15 is 0 Å². The maximum absolute atomic E-state index is 12.3. The van der Waals surface area contributed by atoms with Gasteiger partial charge in [-0.05, 0) is 37.1 Å². The summed E-state index contributed by atoms with van der Waals surface area (Å²) in [6.45, 7) is 3.83. The van der Waals surface area contributed by atoms with Crippen molar-refractivity contribution in [1.29, 1.82) is 0 Å². The minimum Gasteiger partial charge on any atom is -0.506 e. The van der Waals surface area contributed by atoms with Crippen molar-refractivity contribution in [3.05, 3.63) is 62.9 Å². The Morgan fingerprint density at radius 1 is 1.10 bits per heavy atom. The number of rotatable bonds is 1. The number of aromatic amines is 1. The zero-order chi connectivity index (χ0) is 15.1. The highest BCUT2D eigenvalue weighted by Crippen LogP contribution is 2.34. The molecule has 0 aliphatic heterocycles. The van der Waals surface area contributed by atoms with Crippen molar-refractivity contribution in [3.8, 4) is 16.9 Å². The fourth-order valence-corrected chi connectivity index (χ4v) is 2.56. The van der Waals surface area contributed by atoms with Crippen LogP contribution < -0.4 is 5.56 Å². The second-order valence-corrected chi connectivity index (χ2v) is 5.60. The number of hydrogen-bond donors (Lipinski definition) is 2. The largest absolute Gasteiger partial charge is 0.506 e. The quantitative estimate of drug-likeness (QED) is 0.708. The van der Waals surface area contributed by atoms with Gasteiger partial charge < -0.3 is 10.1 Å². The molecule has 2 N–H and O–H groups in total. The molecule has 0 fully saturated rings. The average molecular weight is 300 g/mol. The Morgan fingerprint density at radius 2 is 1.76 bits per heavy atom. The Kier molecular flexibility index (Phi) is 3.22. The lowest BCUT2D eigenvalue weighted by Gasteiger charge is -2.09. The van der Waals surface area contributed by atoms with Crippen molar-refractivity contribution < 1.29 is 5.11 Å². The molecule has 3 rings (SSSR count). The third kappa shape index (κ3) is 2.30. The first-order chi connectivity index (χ1) is 9.97. The standard InChI is InChI=1S/C17H14ClNO2/c1-9-3-5-11(6-4-9)15-16(20)12-7-10(2)13(18)8-14(12)19-17(15)21/h3-8H,1-2H3,(H2,19,20,21). The first-order valence-corrected chi connectivity index (χ1v) is 6.97. The van der Waals surface area contributed by atoms with Gasteiger partial charge in [-0.15, -0.1) is 0 Å². The summed E-state index contributed by atoms with van der Waals surface area (Å²) in [5, 5.41) is 11.7. The highest BCUT2D eigenvalue weighted by Gasteiger charge is 2.14. The first-order valence-electron chi connectivity index (χ1n) is 6.59. The van der Waals surface area contributed by atoms with E-state index in [1.54, 1.807) is 12.1 Å². The molecule has 3 nitrogen and oxygen atoms in total. The van der Waals surface area contributed by atoms with Crippen LogP contribution in [0, 0.1) is 13.8 Å². The number of hydrogen-bond acceptors (Lipinski definition) is 2. The van der Waals surface area contributed by atoms with Crippen LogP contribution in [0.3, 0.4) is 0 Å². The smallest absolute Gasteiger partial charge is 0.260 e. The van der Waals surface area contributed by atoms with Crippen LogP contribution in [0.15, 0.2) is 41.2 Å². The Morgan fingerprint density at radius 3 is 2.43 bits per heavy atom. The van der Waals surface area contributed by atoms with Crippen molar-refractivity contribution in [2.75, 3.05) is 0 Å². The van der Waals surface area contributed by atoms with Crippen molar-refractivity contribution >= 4 is 22.5 Å². The summed E-state index contributed by atoms with van der Waals surface area (Å²) >= 11 is 6.06. The zero-order valence-electron chi connectivity index (χ0n) is 11.7. The van der Waals surface area contributed by atoms with Crippen molar-refractivity contribution in [2.24, 2.45) is 0 Å². The summed E-state index contributed by atoms with van der Waals surface area (Å²) in [7, 11) is 0. The van der Waals surface area contributed by atoms with E-state index in [1.807, 2.05) is 38.1 Å². The number of nitrogens with one attached hydrogen (secondary N) is 1. The third-order valence-corrected chi connectivity index (χ3v) is 4.01. The summed E-state index contributed by atoms with van der Waals surface area (Å²) in [6, 6.07) is 10.9. The molecule has 2 aromatic carbocycles. The Balaban J connectivity index is 2.36. The van der Waals surface area contributed by atoms with Gasteiger partial charge in [0.05, 0.1) is 11.1 Å². The number of H-pyrrole nitrogens is 1. The molecular weight excluding hydrogens is 286 g/mol. The molecule has 0 unspecified atom stereocenters. The van der Waals surface area contributed by atoms with Gasteiger partial charge in [0.1, 0.15) is 5.75 Å². The zero-order valence-corrected chi connectivity index (χ0v) is 12.5. The molecule has 3 aromatic rings. The minimum atomic E-state index is -0.330. The van der Waals surface area contributed by atoms with E-state index in [9.17, 15) is 9.90 Å². The number of aryl methyl sites for hydroxylation is 2.